The van der Waals surface area contributed by atoms with Crippen molar-refractivity contribution in [3.8, 4) is 0 Å². The van der Waals surface area contributed by atoms with Crippen LogP contribution in [0.25, 0.3) is 0 Å². The van der Waals surface area contributed by atoms with E-state index in [1.54, 1.807) is 4.90 Å². The van der Waals surface area contributed by atoms with Gasteiger partial charge in [0.05, 0.1) is 12.1 Å². The molecule has 1 aliphatic rings. The first-order valence-electron chi connectivity index (χ1n) is 8.79. The number of aldehydes is 1. The molecule has 1 saturated heterocycles. The van der Waals surface area contributed by atoms with Gasteiger partial charge in [-0.05, 0) is 30.7 Å². The van der Waals surface area contributed by atoms with Gasteiger partial charge in [0.2, 0.25) is 11.8 Å². The highest BCUT2D eigenvalue weighted by Gasteiger charge is 2.37. The Bertz CT molecular complexity index is 603. The maximum Gasteiger partial charge on any atom is 0.243 e. The molecule has 0 spiro atoms. The van der Waals surface area contributed by atoms with Gasteiger partial charge in [-0.15, -0.1) is 0 Å². The molecule has 6 heteroatoms. The second-order valence-corrected chi connectivity index (χ2v) is 6.90. The molecule has 1 aromatic carbocycles. The van der Waals surface area contributed by atoms with Gasteiger partial charge in [0.25, 0.3) is 0 Å². The van der Waals surface area contributed by atoms with E-state index in [1.165, 1.54) is 0 Å². The van der Waals surface area contributed by atoms with Crippen LogP contribution in [-0.4, -0.2) is 47.7 Å². The molecule has 0 radical (unpaired) electrons. The van der Waals surface area contributed by atoms with Gasteiger partial charge in [-0.3, -0.25) is 9.59 Å². The lowest BCUT2D eigenvalue weighted by atomic mass is 10.0. The second-order valence-electron chi connectivity index (χ2n) is 6.90. The summed E-state index contributed by atoms with van der Waals surface area (Å²) >= 11 is 0. The average Bonchev–Trinajstić information content (AvgIpc) is 3.10. The largest absolute Gasteiger partial charge is 0.344 e. The van der Waals surface area contributed by atoms with Crippen LogP contribution in [0.3, 0.4) is 0 Å². The summed E-state index contributed by atoms with van der Waals surface area (Å²) in [4.78, 5) is 38.0. The predicted octanol–water partition coefficient (Wildman–Crippen LogP) is 0.887. The van der Waals surface area contributed by atoms with Crippen LogP contribution in [0.15, 0.2) is 30.3 Å². The first-order valence-corrected chi connectivity index (χ1v) is 8.79. The molecule has 0 aromatic heterocycles. The van der Waals surface area contributed by atoms with E-state index in [0.717, 1.165) is 18.3 Å². The zero-order valence-electron chi connectivity index (χ0n) is 14.9. The lowest BCUT2D eigenvalue weighted by Gasteiger charge is -2.28. The minimum atomic E-state index is -0.611. The fourth-order valence-electron chi connectivity index (χ4n) is 3.06. The van der Waals surface area contributed by atoms with Crippen LogP contribution >= 0.6 is 0 Å². The summed E-state index contributed by atoms with van der Waals surface area (Å²) in [6.07, 6.45) is 2.53. The fraction of sp³-hybridized carbons (Fsp3) is 0.526. The zero-order chi connectivity index (χ0) is 18.4. The molecule has 0 unspecified atom stereocenters. The average molecular weight is 345 g/mol. The Morgan fingerprint density at radius 1 is 1.32 bits per heavy atom. The number of carbonyl (C=O) groups excluding carboxylic acids is 3. The highest BCUT2D eigenvalue weighted by atomic mass is 16.2. The standard InChI is InChI=1S/C19H27N3O3/c1-13(2)17(20)19(25)22-10-6-9-16(22)18(24)21-15(12-23)11-14-7-4-3-5-8-14/h3-5,7-8,12-13,15-17H,6,9-11,20H2,1-2H3,(H,21,24)/t15-,16-,17-/m0/s1. The molecule has 3 atom stereocenters. The van der Waals surface area contributed by atoms with E-state index in [2.05, 4.69) is 5.32 Å². The lowest BCUT2D eigenvalue weighted by Crippen LogP contribution is -2.54. The number of amides is 2. The number of hydrogen-bond donors (Lipinski definition) is 2. The molecule has 0 aliphatic carbocycles. The van der Waals surface area contributed by atoms with Crippen molar-refractivity contribution in [2.24, 2.45) is 11.7 Å². The summed E-state index contributed by atoms with van der Waals surface area (Å²) in [5, 5.41) is 2.77. The van der Waals surface area contributed by atoms with Crippen LogP contribution < -0.4 is 11.1 Å². The van der Waals surface area contributed by atoms with Gasteiger partial charge in [0, 0.05) is 6.54 Å². The van der Waals surface area contributed by atoms with Crippen molar-refractivity contribution < 1.29 is 14.4 Å². The number of nitrogens with two attached hydrogens (primary N) is 1. The molecule has 136 valence electrons. The van der Waals surface area contributed by atoms with Gasteiger partial charge in [-0.1, -0.05) is 44.2 Å². The van der Waals surface area contributed by atoms with Crippen molar-refractivity contribution in [3.63, 3.8) is 0 Å². The van der Waals surface area contributed by atoms with Crippen LogP contribution in [0, 0.1) is 5.92 Å². The molecule has 1 aliphatic heterocycles. The second kappa shape index (κ2) is 8.76. The molecule has 25 heavy (non-hydrogen) atoms. The molecule has 1 heterocycles. The molecule has 3 N–H and O–H groups in total. The Morgan fingerprint density at radius 3 is 2.60 bits per heavy atom. The highest BCUT2D eigenvalue weighted by Crippen LogP contribution is 2.20. The molecule has 0 bridgehead atoms. The monoisotopic (exact) mass is 345 g/mol. The van der Waals surface area contributed by atoms with Gasteiger partial charge in [-0.25, -0.2) is 0 Å². The van der Waals surface area contributed by atoms with E-state index >= 15 is 0 Å². The van der Waals surface area contributed by atoms with Crippen LogP contribution in [0.1, 0.15) is 32.3 Å². The van der Waals surface area contributed by atoms with Crippen molar-refractivity contribution in [3.05, 3.63) is 35.9 Å². The summed E-state index contributed by atoms with van der Waals surface area (Å²) in [5.74, 6) is -0.467. The van der Waals surface area contributed by atoms with Crippen molar-refractivity contribution in [2.45, 2.75) is 51.2 Å². The molecular formula is C19H27N3O3. The van der Waals surface area contributed by atoms with Crippen LogP contribution in [0.5, 0.6) is 0 Å². The topological polar surface area (TPSA) is 92.5 Å². The maximum atomic E-state index is 12.6. The van der Waals surface area contributed by atoms with E-state index in [9.17, 15) is 14.4 Å². The zero-order valence-corrected chi connectivity index (χ0v) is 14.9. The van der Waals surface area contributed by atoms with Gasteiger partial charge in [0.15, 0.2) is 0 Å². The summed E-state index contributed by atoms with van der Waals surface area (Å²) in [6.45, 7) is 4.30. The lowest BCUT2D eigenvalue weighted by molar-refractivity contribution is -0.140. The highest BCUT2D eigenvalue weighted by molar-refractivity contribution is 5.91. The molecular weight excluding hydrogens is 318 g/mol. The van der Waals surface area contributed by atoms with E-state index < -0.39 is 18.1 Å². The van der Waals surface area contributed by atoms with Crippen molar-refractivity contribution in [2.75, 3.05) is 6.54 Å². The van der Waals surface area contributed by atoms with Gasteiger partial charge >= 0.3 is 0 Å². The third-order valence-electron chi connectivity index (χ3n) is 4.63. The van der Waals surface area contributed by atoms with Gasteiger partial charge in [-0.2, -0.15) is 0 Å². The Morgan fingerprint density at radius 2 is 2.00 bits per heavy atom. The van der Waals surface area contributed by atoms with E-state index in [-0.39, 0.29) is 17.7 Å². The Kier molecular flexibility index (Phi) is 6.70. The number of likely N-dealkylation sites (tertiary alicyclic amines) is 1. The number of benzene rings is 1. The number of hydrogen-bond acceptors (Lipinski definition) is 4. The fourth-order valence-corrected chi connectivity index (χ4v) is 3.06. The van der Waals surface area contributed by atoms with E-state index in [0.29, 0.717) is 19.4 Å². The summed E-state index contributed by atoms with van der Waals surface area (Å²) in [6, 6.07) is 7.75. The Hall–Kier alpha value is -2.21. The van der Waals surface area contributed by atoms with Gasteiger partial charge < -0.3 is 20.7 Å². The molecule has 0 saturated carbocycles. The summed E-state index contributed by atoms with van der Waals surface area (Å²) in [5.41, 5.74) is 6.93. The van der Waals surface area contributed by atoms with Gasteiger partial charge in [0.1, 0.15) is 12.3 Å². The number of carbonyl (C=O) groups is 3. The molecule has 2 amide bonds. The normalized spacial score (nSPS) is 19.5. The summed E-state index contributed by atoms with van der Waals surface area (Å²) < 4.78 is 0. The number of nitrogens with one attached hydrogen (secondary N) is 1. The quantitative estimate of drug-likeness (QED) is 0.718. The van der Waals surface area contributed by atoms with E-state index in [4.69, 9.17) is 5.73 Å². The Labute approximate surface area is 148 Å². The maximum absolute atomic E-state index is 12.6. The van der Waals surface area contributed by atoms with Crippen LogP contribution in [0.2, 0.25) is 0 Å². The molecule has 6 nitrogen and oxygen atoms in total. The van der Waals surface area contributed by atoms with Crippen LogP contribution in [-0.2, 0) is 20.8 Å². The number of nitrogens with zero attached hydrogens (tertiary/aromatic N) is 1. The molecule has 1 aromatic rings. The summed E-state index contributed by atoms with van der Waals surface area (Å²) in [7, 11) is 0. The first kappa shape index (κ1) is 19.1. The SMILES string of the molecule is CC(C)[C@H](N)C(=O)N1CCC[C@H]1C(=O)N[C@H](C=O)Cc1ccccc1. The predicted molar refractivity (Wildman–Crippen MR) is 95.7 cm³/mol. The third kappa shape index (κ3) is 4.89. The third-order valence-corrected chi connectivity index (χ3v) is 4.63. The van der Waals surface area contributed by atoms with E-state index in [1.807, 2.05) is 44.2 Å². The molecule has 2 rings (SSSR count). The first-order chi connectivity index (χ1) is 11.9. The minimum Gasteiger partial charge on any atom is -0.344 e. The smallest absolute Gasteiger partial charge is 0.243 e. The number of rotatable bonds is 7. The molecule has 1 fully saturated rings. The van der Waals surface area contributed by atoms with Crippen molar-refractivity contribution in [1.82, 2.24) is 10.2 Å². The minimum absolute atomic E-state index is 0.0117. The van der Waals surface area contributed by atoms with Crippen molar-refractivity contribution in [1.29, 1.82) is 0 Å². The van der Waals surface area contributed by atoms with Crippen LogP contribution in [0.4, 0.5) is 0 Å². The Balaban J connectivity index is 2.00. The van der Waals surface area contributed by atoms with Crippen molar-refractivity contribution >= 4 is 18.1 Å².